The number of hydrogen-bond donors (Lipinski definition) is 0. The zero-order valence-electron chi connectivity index (χ0n) is 14.7. The SMILES string of the molecule is O=C(c1ccco1)N1CCO[C@@H](COc2ccccn2)[C@@H]1c1ccccc1. The molecule has 1 amide bonds. The van der Waals surface area contributed by atoms with Crippen LogP contribution in [0.3, 0.4) is 0 Å². The number of ether oxygens (including phenoxy) is 2. The number of nitrogens with zero attached hydrogens (tertiary/aromatic N) is 2. The van der Waals surface area contributed by atoms with E-state index >= 15 is 0 Å². The molecule has 0 aliphatic carbocycles. The van der Waals surface area contributed by atoms with Crippen molar-refractivity contribution in [2.45, 2.75) is 12.1 Å². The van der Waals surface area contributed by atoms with Gasteiger partial charge in [-0.3, -0.25) is 4.79 Å². The Morgan fingerprint density at radius 3 is 2.70 bits per heavy atom. The second-order valence-electron chi connectivity index (χ2n) is 6.22. The third-order valence-corrected chi connectivity index (χ3v) is 4.52. The standard InChI is InChI=1S/C21H20N2O4/c24-21(17-9-6-13-25-17)23-12-14-26-18(15-27-19-10-4-5-11-22-19)20(23)16-7-2-1-3-8-16/h1-11,13,18,20H,12,14-15H2/t18-,20-/m0/s1. The highest BCUT2D eigenvalue weighted by Gasteiger charge is 2.38. The van der Waals surface area contributed by atoms with E-state index in [0.717, 1.165) is 5.56 Å². The molecule has 0 unspecified atom stereocenters. The third kappa shape index (κ3) is 3.85. The van der Waals surface area contributed by atoms with Crippen LogP contribution in [-0.4, -0.2) is 41.7 Å². The Morgan fingerprint density at radius 1 is 1.11 bits per heavy atom. The van der Waals surface area contributed by atoms with E-state index < -0.39 is 0 Å². The third-order valence-electron chi connectivity index (χ3n) is 4.52. The molecule has 6 nitrogen and oxygen atoms in total. The van der Waals surface area contributed by atoms with E-state index in [9.17, 15) is 4.79 Å². The van der Waals surface area contributed by atoms with Crippen molar-refractivity contribution in [3.8, 4) is 5.88 Å². The lowest BCUT2D eigenvalue weighted by Gasteiger charge is -2.40. The average molecular weight is 364 g/mol. The van der Waals surface area contributed by atoms with Crippen molar-refractivity contribution in [3.63, 3.8) is 0 Å². The highest BCUT2D eigenvalue weighted by atomic mass is 16.5. The molecule has 138 valence electrons. The largest absolute Gasteiger partial charge is 0.475 e. The molecule has 2 aromatic heterocycles. The van der Waals surface area contributed by atoms with Crippen LogP contribution in [0.5, 0.6) is 5.88 Å². The van der Waals surface area contributed by atoms with Crippen molar-refractivity contribution in [2.75, 3.05) is 19.8 Å². The van der Waals surface area contributed by atoms with E-state index in [-0.39, 0.29) is 18.1 Å². The minimum atomic E-state index is -0.318. The molecule has 1 aromatic carbocycles. The molecule has 1 aliphatic heterocycles. The predicted octanol–water partition coefficient (Wildman–Crippen LogP) is 3.34. The quantitative estimate of drug-likeness (QED) is 0.695. The van der Waals surface area contributed by atoms with E-state index in [4.69, 9.17) is 13.9 Å². The Labute approximate surface area is 157 Å². The lowest BCUT2D eigenvalue weighted by atomic mass is 9.98. The Morgan fingerprint density at radius 2 is 1.96 bits per heavy atom. The number of carbonyl (C=O) groups is 1. The summed E-state index contributed by atoms with van der Waals surface area (Å²) in [7, 11) is 0. The first kappa shape index (κ1) is 17.3. The number of rotatable bonds is 5. The molecule has 1 saturated heterocycles. The highest BCUT2D eigenvalue weighted by molar-refractivity contribution is 5.91. The summed E-state index contributed by atoms with van der Waals surface area (Å²) >= 11 is 0. The molecule has 1 fully saturated rings. The molecule has 3 aromatic rings. The average Bonchev–Trinajstić information content (AvgIpc) is 3.28. The van der Waals surface area contributed by atoms with Crippen LogP contribution in [0.15, 0.2) is 77.5 Å². The molecule has 0 N–H and O–H groups in total. The Hall–Kier alpha value is -3.12. The number of amides is 1. The zero-order chi connectivity index (χ0) is 18.5. The van der Waals surface area contributed by atoms with E-state index in [0.29, 0.717) is 31.4 Å². The van der Waals surface area contributed by atoms with Crippen molar-refractivity contribution in [1.29, 1.82) is 0 Å². The number of aromatic nitrogens is 1. The van der Waals surface area contributed by atoms with E-state index in [2.05, 4.69) is 4.98 Å². The summed E-state index contributed by atoms with van der Waals surface area (Å²) in [5.41, 5.74) is 0.992. The van der Waals surface area contributed by atoms with Gasteiger partial charge in [0.25, 0.3) is 5.91 Å². The summed E-state index contributed by atoms with van der Waals surface area (Å²) in [6.07, 6.45) is 2.87. The Balaban J connectivity index is 1.60. The van der Waals surface area contributed by atoms with Gasteiger partial charge in [0.2, 0.25) is 5.88 Å². The van der Waals surface area contributed by atoms with Gasteiger partial charge in [-0.2, -0.15) is 0 Å². The predicted molar refractivity (Wildman–Crippen MR) is 98.4 cm³/mol. The number of hydrogen-bond acceptors (Lipinski definition) is 5. The monoisotopic (exact) mass is 364 g/mol. The smallest absolute Gasteiger partial charge is 0.290 e. The van der Waals surface area contributed by atoms with Crippen molar-refractivity contribution in [3.05, 3.63) is 84.4 Å². The van der Waals surface area contributed by atoms with Crippen LogP contribution in [0.2, 0.25) is 0 Å². The molecule has 0 spiro atoms. The van der Waals surface area contributed by atoms with Gasteiger partial charge >= 0.3 is 0 Å². The molecule has 27 heavy (non-hydrogen) atoms. The lowest BCUT2D eigenvalue weighted by Crippen LogP contribution is -2.50. The van der Waals surface area contributed by atoms with Gasteiger partial charge in [-0.15, -0.1) is 0 Å². The van der Waals surface area contributed by atoms with Crippen LogP contribution in [0.25, 0.3) is 0 Å². The van der Waals surface area contributed by atoms with Gasteiger partial charge in [-0.05, 0) is 23.8 Å². The van der Waals surface area contributed by atoms with Crippen LogP contribution in [0.1, 0.15) is 22.2 Å². The van der Waals surface area contributed by atoms with Crippen LogP contribution >= 0.6 is 0 Å². The first-order chi connectivity index (χ1) is 13.3. The van der Waals surface area contributed by atoms with Crippen LogP contribution in [0.4, 0.5) is 0 Å². The summed E-state index contributed by atoms with van der Waals surface area (Å²) in [6, 6.07) is 18.5. The topological polar surface area (TPSA) is 64.8 Å². The van der Waals surface area contributed by atoms with Gasteiger partial charge in [-0.25, -0.2) is 4.98 Å². The fourth-order valence-corrected chi connectivity index (χ4v) is 3.29. The molecule has 0 saturated carbocycles. The van der Waals surface area contributed by atoms with Crippen molar-refractivity contribution in [1.82, 2.24) is 9.88 Å². The molecule has 6 heteroatoms. The fraction of sp³-hybridized carbons (Fsp3) is 0.238. The number of furan rings is 1. The second kappa shape index (κ2) is 8.05. The number of benzene rings is 1. The molecular weight excluding hydrogens is 344 g/mol. The Kier molecular flexibility index (Phi) is 5.16. The van der Waals surface area contributed by atoms with Crippen LogP contribution in [0, 0.1) is 0 Å². The highest BCUT2D eigenvalue weighted by Crippen LogP contribution is 2.31. The van der Waals surface area contributed by atoms with Gasteiger partial charge in [0.1, 0.15) is 12.7 Å². The van der Waals surface area contributed by atoms with Crippen molar-refractivity contribution < 1.29 is 18.7 Å². The molecule has 1 aliphatic rings. The maximum atomic E-state index is 13.0. The van der Waals surface area contributed by atoms with Crippen molar-refractivity contribution >= 4 is 5.91 Å². The molecule has 3 heterocycles. The van der Waals surface area contributed by atoms with Gasteiger partial charge in [0.15, 0.2) is 5.76 Å². The summed E-state index contributed by atoms with van der Waals surface area (Å²) < 4.78 is 17.1. The van der Waals surface area contributed by atoms with E-state index in [1.165, 1.54) is 6.26 Å². The first-order valence-corrected chi connectivity index (χ1v) is 8.88. The maximum absolute atomic E-state index is 13.0. The van der Waals surface area contributed by atoms with Gasteiger partial charge in [0.05, 0.1) is 18.9 Å². The number of carbonyl (C=O) groups excluding carboxylic acids is 1. The maximum Gasteiger partial charge on any atom is 0.290 e. The molecule has 0 radical (unpaired) electrons. The van der Waals surface area contributed by atoms with Crippen LogP contribution < -0.4 is 4.74 Å². The minimum absolute atomic E-state index is 0.153. The Bertz CT molecular complexity index is 852. The molecule has 4 rings (SSSR count). The second-order valence-corrected chi connectivity index (χ2v) is 6.22. The summed E-state index contributed by atoms with van der Waals surface area (Å²) in [6.45, 7) is 1.21. The minimum Gasteiger partial charge on any atom is -0.475 e. The lowest BCUT2D eigenvalue weighted by molar-refractivity contribution is -0.0780. The van der Waals surface area contributed by atoms with Gasteiger partial charge in [-0.1, -0.05) is 36.4 Å². The normalized spacial score (nSPS) is 19.6. The van der Waals surface area contributed by atoms with E-state index in [1.54, 1.807) is 29.3 Å². The van der Waals surface area contributed by atoms with Gasteiger partial charge in [0, 0.05) is 18.8 Å². The van der Waals surface area contributed by atoms with E-state index in [1.807, 2.05) is 42.5 Å². The summed E-state index contributed by atoms with van der Waals surface area (Å²) in [5.74, 6) is 0.699. The molecular formula is C21H20N2O4. The first-order valence-electron chi connectivity index (χ1n) is 8.88. The fourth-order valence-electron chi connectivity index (χ4n) is 3.29. The number of pyridine rings is 1. The van der Waals surface area contributed by atoms with Crippen molar-refractivity contribution in [2.24, 2.45) is 0 Å². The van der Waals surface area contributed by atoms with Gasteiger partial charge < -0.3 is 18.8 Å². The zero-order valence-corrected chi connectivity index (χ0v) is 14.7. The number of morpholine rings is 1. The van der Waals surface area contributed by atoms with Crippen LogP contribution in [-0.2, 0) is 4.74 Å². The summed E-state index contributed by atoms with van der Waals surface area (Å²) in [4.78, 5) is 19.0. The molecule has 2 atom stereocenters. The summed E-state index contributed by atoms with van der Waals surface area (Å²) in [5, 5.41) is 0. The molecule has 0 bridgehead atoms.